The summed E-state index contributed by atoms with van der Waals surface area (Å²) in [6.07, 6.45) is 0. The van der Waals surface area contributed by atoms with E-state index in [2.05, 4.69) is 0 Å². The number of phenolic OH excluding ortho intramolecular Hbond substituents is 1. The molecule has 0 aliphatic carbocycles. The molecule has 0 aliphatic rings. The predicted molar refractivity (Wildman–Crippen MR) is 130 cm³/mol. The molecule has 0 saturated carbocycles. The Morgan fingerprint density at radius 1 is 1.00 bits per heavy atom. The molecular weight excluding hydrogens is 444 g/mol. The van der Waals surface area contributed by atoms with E-state index in [4.69, 9.17) is 26.4 Å². The van der Waals surface area contributed by atoms with E-state index in [9.17, 15) is 9.90 Å². The van der Waals surface area contributed by atoms with E-state index in [-0.39, 0.29) is 35.5 Å². The Bertz CT molecular complexity index is 1080. The number of methoxy groups -OCH3 is 2. The number of ether oxygens (including phenoxy) is 2. The second kappa shape index (κ2) is 11.1. The Morgan fingerprint density at radius 2 is 1.55 bits per heavy atom. The summed E-state index contributed by atoms with van der Waals surface area (Å²) in [7, 11) is 2.83. The molecule has 33 heavy (non-hydrogen) atoms. The number of nitrogens with zero attached hydrogens (tertiary/aromatic N) is 1. The Kier molecular flexibility index (Phi) is 8.53. The number of aromatic hydroxyl groups is 1. The summed E-state index contributed by atoms with van der Waals surface area (Å²) < 4.78 is 10.5. The number of primary amides is 1. The van der Waals surface area contributed by atoms with Gasteiger partial charge < -0.3 is 30.9 Å². The minimum Gasteiger partial charge on any atom is -0.502 e. The molecule has 0 aromatic heterocycles. The fourth-order valence-corrected chi connectivity index (χ4v) is 3.51. The number of carbonyl (C=O) groups is 1. The van der Waals surface area contributed by atoms with Gasteiger partial charge >= 0.3 is 0 Å². The number of anilines is 1. The molecule has 0 aliphatic heterocycles. The van der Waals surface area contributed by atoms with Crippen molar-refractivity contribution in [1.29, 1.82) is 5.41 Å². The van der Waals surface area contributed by atoms with Gasteiger partial charge in [-0.3, -0.25) is 10.2 Å². The van der Waals surface area contributed by atoms with Crippen LogP contribution < -0.4 is 25.8 Å². The van der Waals surface area contributed by atoms with Crippen LogP contribution in [0.1, 0.15) is 22.7 Å². The lowest BCUT2D eigenvalue weighted by Crippen LogP contribution is -2.37. The number of nitrogens with two attached hydrogens (primary N) is 2. The molecule has 1 atom stereocenters. The van der Waals surface area contributed by atoms with Crippen LogP contribution in [-0.4, -0.2) is 31.1 Å². The summed E-state index contributed by atoms with van der Waals surface area (Å²) in [6, 6.07) is 18.9. The van der Waals surface area contributed by atoms with Gasteiger partial charge in [0.2, 0.25) is 11.7 Å². The SMILES string of the molecule is COc1cc(C(C(N)=O)N(Cc2ccccc2)c2ccc(C(=N)N)cc2)cc(OC)c1O.Cl. The van der Waals surface area contributed by atoms with Crippen molar-refractivity contribution in [3.05, 3.63) is 83.4 Å². The number of hydrogen-bond donors (Lipinski definition) is 4. The van der Waals surface area contributed by atoms with Crippen LogP contribution in [0.3, 0.4) is 0 Å². The molecule has 0 fully saturated rings. The third-order valence-corrected chi connectivity index (χ3v) is 5.10. The van der Waals surface area contributed by atoms with Crippen molar-refractivity contribution in [1.82, 2.24) is 0 Å². The topological polar surface area (TPSA) is 135 Å². The number of rotatable bonds is 9. The molecule has 9 heteroatoms. The average molecular weight is 471 g/mol. The lowest BCUT2D eigenvalue weighted by atomic mass is 10.0. The van der Waals surface area contributed by atoms with E-state index in [0.717, 1.165) is 5.56 Å². The van der Waals surface area contributed by atoms with Crippen molar-refractivity contribution in [3.8, 4) is 17.2 Å². The van der Waals surface area contributed by atoms with Gasteiger partial charge in [0.15, 0.2) is 11.5 Å². The molecule has 174 valence electrons. The highest BCUT2D eigenvalue weighted by molar-refractivity contribution is 5.95. The zero-order valence-corrected chi connectivity index (χ0v) is 19.1. The minimum atomic E-state index is -0.901. The van der Waals surface area contributed by atoms with Gasteiger partial charge in [-0.25, -0.2) is 0 Å². The highest BCUT2D eigenvalue weighted by atomic mass is 35.5. The molecule has 0 spiro atoms. The number of nitrogen functional groups attached to an aromatic ring is 1. The number of hydrogen-bond acceptors (Lipinski definition) is 6. The van der Waals surface area contributed by atoms with Crippen LogP contribution in [0.2, 0.25) is 0 Å². The fourth-order valence-electron chi connectivity index (χ4n) is 3.51. The maximum absolute atomic E-state index is 12.7. The largest absolute Gasteiger partial charge is 0.502 e. The van der Waals surface area contributed by atoms with Crippen molar-refractivity contribution in [2.45, 2.75) is 12.6 Å². The number of halogens is 1. The standard InChI is InChI=1S/C24H26N4O4.ClH/c1-31-19-12-17(13-20(32-2)22(19)29)21(24(27)30)28(14-15-6-4-3-5-7-15)18-10-8-16(9-11-18)23(25)26;/h3-13,21,29H,14H2,1-2H3,(H3,25,26)(H2,27,30);1H. The van der Waals surface area contributed by atoms with Crippen molar-refractivity contribution in [3.63, 3.8) is 0 Å². The van der Waals surface area contributed by atoms with Crippen LogP contribution in [0, 0.1) is 5.41 Å². The second-order valence-electron chi connectivity index (χ2n) is 7.15. The highest BCUT2D eigenvalue weighted by Crippen LogP contribution is 2.41. The molecule has 0 saturated heterocycles. The lowest BCUT2D eigenvalue weighted by Gasteiger charge is -2.33. The van der Waals surface area contributed by atoms with Gasteiger partial charge in [-0.2, -0.15) is 0 Å². The van der Waals surface area contributed by atoms with Gasteiger partial charge in [0.05, 0.1) is 14.2 Å². The van der Waals surface area contributed by atoms with Gasteiger partial charge in [0.25, 0.3) is 0 Å². The normalized spacial score (nSPS) is 11.1. The Labute approximate surface area is 198 Å². The zero-order chi connectivity index (χ0) is 23.3. The van der Waals surface area contributed by atoms with Crippen LogP contribution in [0.5, 0.6) is 17.2 Å². The van der Waals surface area contributed by atoms with Crippen molar-refractivity contribution >= 4 is 29.8 Å². The molecule has 0 bridgehead atoms. The van der Waals surface area contributed by atoms with Crippen molar-refractivity contribution in [2.75, 3.05) is 19.1 Å². The van der Waals surface area contributed by atoms with E-state index in [0.29, 0.717) is 23.4 Å². The molecule has 3 aromatic rings. The monoisotopic (exact) mass is 470 g/mol. The van der Waals surface area contributed by atoms with E-state index < -0.39 is 11.9 Å². The number of amides is 1. The molecule has 6 N–H and O–H groups in total. The first-order valence-corrected chi connectivity index (χ1v) is 9.85. The minimum absolute atomic E-state index is 0. The summed E-state index contributed by atoms with van der Waals surface area (Å²) in [5.74, 6) is -0.478. The third-order valence-electron chi connectivity index (χ3n) is 5.10. The summed E-state index contributed by atoms with van der Waals surface area (Å²) in [5.41, 5.74) is 14.2. The van der Waals surface area contributed by atoms with Gasteiger partial charge in [0.1, 0.15) is 11.9 Å². The molecular formula is C24H27ClN4O4. The maximum Gasteiger partial charge on any atom is 0.244 e. The van der Waals surface area contributed by atoms with Crippen LogP contribution in [0.25, 0.3) is 0 Å². The second-order valence-corrected chi connectivity index (χ2v) is 7.15. The third kappa shape index (κ3) is 5.67. The Hall–Kier alpha value is -3.91. The Balaban J connectivity index is 0.00000385. The zero-order valence-electron chi connectivity index (χ0n) is 18.3. The van der Waals surface area contributed by atoms with Gasteiger partial charge in [-0.15, -0.1) is 12.4 Å². The van der Waals surface area contributed by atoms with Crippen LogP contribution in [-0.2, 0) is 11.3 Å². The molecule has 1 amide bonds. The number of benzene rings is 3. The summed E-state index contributed by atoms with van der Waals surface area (Å²) in [5, 5.41) is 17.9. The first-order valence-electron chi connectivity index (χ1n) is 9.85. The van der Waals surface area contributed by atoms with Gasteiger partial charge in [-0.05, 0) is 47.5 Å². The molecule has 8 nitrogen and oxygen atoms in total. The number of amidine groups is 1. The summed E-state index contributed by atoms with van der Waals surface area (Å²) in [6.45, 7) is 0.374. The van der Waals surface area contributed by atoms with Gasteiger partial charge in [0, 0.05) is 17.8 Å². The maximum atomic E-state index is 12.7. The predicted octanol–water partition coefficient (Wildman–Crippen LogP) is 3.35. The van der Waals surface area contributed by atoms with E-state index >= 15 is 0 Å². The molecule has 0 radical (unpaired) electrons. The van der Waals surface area contributed by atoms with Crippen molar-refractivity contribution in [2.24, 2.45) is 11.5 Å². The van der Waals surface area contributed by atoms with Crippen LogP contribution >= 0.6 is 12.4 Å². The quantitative estimate of drug-likeness (QED) is 0.280. The smallest absolute Gasteiger partial charge is 0.244 e. The molecule has 3 rings (SSSR count). The summed E-state index contributed by atoms with van der Waals surface area (Å²) in [4.78, 5) is 14.6. The first kappa shape index (κ1) is 25.4. The van der Waals surface area contributed by atoms with Crippen molar-refractivity contribution < 1.29 is 19.4 Å². The van der Waals surface area contributed by atoms with Gasteiger partial charge in [-0.1, -0.05) is 30.3 Å². The number of nitrogens with one attached hydrogen (secondary N) is 1. The van der Waals surface area contributed by atoms with E-state index in [1.807, 2.05) is 35.2 Å². The van der Waals surface area contributed by atoms with Crippen LogP contribution in [0.4, 0.5) is 5.69 Å². The van der Waals surface area contributed by atoms with Crippen LogP contribution in [0.15, 0.2) is 66.7 Å². The number of carbonyl (C=O) groups excluding carboxylic acids is 1. The van der Waals surface area contributed by atoms with E-state index in [1.54, 1.807) is 36.4 Å². The lowest BCUT2D eigenvalue weighted by molar-refractivity contribution is -0.119. The number of phenols is 1. The molecule has 0 heterocycles. The fraction of sp³-hybridized carbons (Fsp3) is 0.167. The van der Waals surface area contributed by atoms with E-state index in [1.165, 1.54) is 14.2 Å². The molecule has 3 aromatic carbocycles. The highest BCUT2D eigenvalue weighted by Gasteiger charge is 2.29. The average Bonchev–Trinajstić information content (AvgIpc) is 2.80. The first-order chi connectivity index (χ1) is 15.3. The Morgan fingerprint density at radius 3 is 2.00 bits per heavy atom. The summed E-state index contributed by atoms with van der Waals surface area (Å²) >= 11 is 0. The molecule has 1 unspecified atom stereocenters.